The summed E-state index contributed by atoms with van der Waals surface area (Å²) in [6.45, 7) is 12.4. The van der Waals surface area contributed by atoms with Crippen LogP contribution in [0, 0.1) is 13.8 Å². The van der Waals surface area contributed by atoms with Gasteiger partial charge in [0.2, 0.25) is 0 Å². The van der Waals surface area contributed by atoms with E-state index in [1.807, 2.05) is 60.0 Å². The highest BCUT2D eigenvalue weighted by Crippen LogP contribution is 2.27. The van der Waals surface area contributed by atoms with Crippen molar-refractivity contribution in [3.63, 3.8) is 0 Å². The van der Waals surface area contributed by atoms with Crippen LogP contribution in [0.4, 0.5) is 15.3 Å². The minimum absolute atomic E-state index is 0. The molecule has 0 aromatic heterocycles. The number of benzene rings is 2. The van der Waals surface area contributed by atoms with Crippen molar-refractivity contribution in [1.29, 1.82) is 0 Å². The van der Waals surface area contributed by atoms with Gasteiger partial charge >= 0.3 is 12.1 Å². The molecule has 3 aliphatic heterocycles. The number of fused-ring (bicyclic) bond motifs is 1. The van der Waals surface area contributed by atoms with Crippen molar-refractivity contribution in [2.75, 3.05) is 51.1 Å². The minimum Gasteiger partial charge on any atom is -0.507 e. The van der Waals surface area contributed by atoms with Gasteiger partial charge in [-0.25, -0.2) is 9.59 Å². The zero-order valence-corrected chi connectivity index (χ0v) is 27.3. The number of amides is 4. The Morgan fingerprint density at radius 2 is 1.57 bits per heavy atom. The first-order valence-corrected chi connectivity index (χ1v) is 16.6. The van der Waals surface area contributed by atoms with Crippen LogP contribution in [0.25, 0.3) is 0 Å². The minimum atomic E-state index is -0.965. The van der Waals surface area contributed by atoms with Crippen LogP contribution >= 0.6 is 0 Å². The highest BCUT2D eigenvalue weighted by atomic mass is 16.6. The number of likely N-dealkylation sites (tertiary alicyclic amines) is 1. The van der Waals surface area contributed by atoms with Crippen molar-refractivity contribution in [3.05, 3.63) is 58.7 Å². The molecule has 2 fully saturated rings. The number of anilines is 1. The molecule has 46 heavy (non-hydrogen) atoms. The predicted molar refractivity (Wildman–Crippen MR) is 181 cm³/mol. The molecule has 0 aliphatic carbocycles. The number of carbonyl (C=O) groups is 3. The number of phenolic OH excluding ortho intramolecular Hbond substituents is 1. The van der Waals surface area contributed by atoms with E-state index in [9.17, 15) is 19.5 Å². The lowest BCUT2D eigenvalue weighted by molar-refractivity contribution is -0.143. The Balaban J connectivity index is 0.00000480. The summed E-state index contributed by atoms with van der Waals surface area (Å²) in [6, 6.07) is 12.0. The van der Waals surface area contributed by atoms with Gasteiger partial charge in [-0.3, -0.25) is 9.69 Å². The molecule has 0 bridgehead atoms. The number of nitrogens with zero attached hydrogens (tertiary/aromatic N) is 4. The predicted octanol–water partition coefficient (Wildman–Crippen LogP) is 5.58. The number of hydrogen-bond acceptors (Lipinski definition) is 6. The van der Waals surface area contributed by atoms with Crippen molar-refractivity contribution in [2.24, 2.45) is 0 Å². The fourth-order valence-corrected chi connectivity index (χ4v) is 7.17. The van der Waals surface area contributed by atoms with Crippen molar-refractivity contribution in [3.8, 4) is 5.75 Å². The molecule has 0 saturated carbocycles. The summed E-state index contributed by atoms with van der Waals surface area (Å²) in [5.41, 5.74) is 4.28. The number of phenols is 1. The lowest BCUT2D eigenvalue weighted by atomic mass is 10.0. The smallest absolute Gasteiger partial charge is 0.410 e. The van der Waals surface area contributed by atoms with Gasteiger partial charge in [0.15, 0.2) is 6.10 Å². The summed E-state index contributed by atoms with van der Waals surface area (Å²) >= 11 is 0. The molecule has 4 amide bonds. The lowest BCUT2D eigenvalue weighted by Gasteiger charge is -2.40. The van der Waals surface area contributed by atoms with Gasteiger partial charge in [-0.05, 0) is 74.3 Å². The number of ether oxygens (including phenoxy) is 1. The van der Waals surface area contributed by atoms with Crippen LogP contribution < -0.4 is 5.32 Å². The summed E-state index contributed by atoms with van der Waals surface area (Å²) < 4.78 is 6.03. The average Bonchev–Trinajstić information content (AvgIpc) is 3.22. The van der Waals surface area contributed by atoms with E-state index >= 15 is 0 Å². The number of para-hydroxylation sites is 1. The van der Waals surface area contributed by atoms with E-state index in [1.54, 1.807) is 4.90 Å². The van der Waals surface area contributed by atoms with Crippen LogP contribution in [0.15, 0.2) is 36.4 Å². The largest absolute Gasteiger partial charge is 0.507 e. The number of piperazine rings is 1. The molecule has 3 aliphatic rings. The zero-order valence-electron chi connectivity index (χ0n) is 27.3. The Morgan fingerprint density at radius 3 is 2.20 bits per heavy atom. The fraction of sp³-hybridized carbons (Fsp3) is 0.583. The third-order valence-corrected chi connectivity index (χ3v) is 9.88. The van der Waals surface area contributed by atoms with Gasteiger partial charge in [0.05, 0.1) is 0 Å². The Morgan fingerprint density at radius 1 is 0.935 bits per heavy atom. The molecular formula is C36H53N5O5. The molecule has 252 valence electrons. The maximum atomic E-state index is 13.9. The quantitative estimate of drug-likeness (QED) is 0.393. The topological polar surface area (TPSA) is 106 Å². The molecule has 2 aromatic carbocycles. The average molecular weight is 636 g/mol. The maximum absolute atomic E-state index is 13.9. The number of urea groups is 1. The van der Waals surface area contributed by atoms with Crippen LogP contribution in [0.3, 0.4) is 0 Å². The molecule has 0 unspecified atom stereocenters. The highest BCUT2D eigenvalue weighted by Gasteiger charge is 2.36. The maximum Gasteiger partial charge on any atom is 0.410 e. The van der Waals surface area contributed by atoms with Crippen LogP contribution in [0.5, 0.6) is 5.75 Å². The van der Waals surface area contributed by atoms with Gasteiger partial charge in [-0.2, -0.15) is 0 Å². The van der Waals surface area contributed by atoms with E-state index < -0.39 is 12.2 Å². The lowest BCUT2D eigenvalue weighted by Crippen LogP contribution is -2.55. The van der Waals surface area contributed by atoms with Crippen LogP contribution in [0.2, 0.25) is 0 Å². The number of carbonyl (C=O) groups excluding carboxylic acids is 3. The number of aromatic hydroxyl groups is 1. The molecule has 2 saturated heterocycles. The van der Waals surface area contributed by atoms with E-state index in [2.05, 4.69) is 24.1 Å². The molecule has 10 nitrogen and oxygen atoms in total. The number of nitrogens with one attached hydrogen (secondary N) is 1. The van der Waals surface area contributed by atoms with Crippen molar-refractivity contribution in [1.82, 2.24) is 19.6 Å². The van der Waals surface area contributed by atoms with Crippen molar-refractivity contribution >= 4 is 23.7 Å². The number of hydrogen-bond donors (Lipinski definition) is 2. The standard InChI is InChI=1S/C35H49N5O5.CH4/c1-5-28(6-2)37-17-19-38(20-18-37)33(42)31(23-26-21-24(3)32(41)25(4)22-26)45-35(44)39-14-12-29(13-15-39)40-16-11-27-9-7-8-10-30(27)36-34(40)43;/h7-10,21-22,28-29,31,41H,5-6,11-20,23H2,1-4H3,(H,36,43);1H4/t31-;/m1./s1. The van der Waals surface area contributed by atoms with E-state index in [4.69, 9.17) is 4.74 Å². The van der Waals surface area contributed by atoms with Gasteiger partial charge in [0, 0.05) is 70.0 Å². The molecule has 1 atom stereocenters. The Labute approximate surface area is 274 Å². The molecule has 0 radical (unpaired) electrons. The van der Waals surface area contributed by atoms with E-state index in [1.165, 1.54) is 0 Å². The van der Waals surface area contributed by atoms with Crippen LogP contribution in [0.1, 0.15) is 69.2 Å². The summed E-state index contributed by atoms with van der Waals surface area (Å²) in [4.78, 5) is 48.3. The molecule has 3 heterocycles. The highest BCUT2D eigenvalue weighted by molar-refractivity contribution is 5.91. The zero-order chi connectivity index (χ0) is 32.1. The SMILES string of the molecule is C.CCC(CC)N1CCN(C(=O)[C@@H](Cc2cc(C)c(O)c(C)c2)OC(=O)N2CCC(N3CCc4ccccc4NC3=O)CC2)CC1. The van der Waals surface area contributed by atoms with Gasteiger partial charge in [0.1, 0.15) is 5.75 Å². The summed E-state index contributed by atoms with van der Waals surface area (Å²) in [5.74, 6) is 0.0626. The number of rotatable bonds is 8. The second-order valence-electron chi connectivity index (χ2n) is 12.7. The third kappa shape index (κ3) is 7.94. The third-order valence-electron chi connectivity index (χ3n) is 9.88. The van der Waals surface area contributed by atoms with Gasteiger partial charge in [0.25, 0.3) is 5.91 Å². The number of aryl methyl sites for hydroxylation is 2. The summed E-state index contributed by atoms with van der Waals surface area (Å²) in [5, 5.41) is 13.3. The van der Waals surface area contributed by atoms with Crippen molar-refractivity contribution < 1.29 is 24.2 Å². The second kappa shape index (κ2) is 15.7. The van der Waals surface area contributed by atoms with E-state index in [0.717, 1.165) is 60.3 Å². The number of piperidine rings is 1. The monoisotopic (exact) mass is 635 g/mol. The summed E-state index contributed by atoms with van der Waals surface area (Å²) in [7, 11) is 0. The van der Waals surface area contributed by atoms with Gasteiger partial charge in [-0.1, -0.05) is 51.6 Å². The first-order valence-electron chi connectivity index (χ1n) is 16.6. The molecule has 2 aromatic rings. The molecule has 5 rings (SSSR count). The molecule has 0 spiro atoms. The van der Waals surface area contributed by atoms with Crippen LogP contribution in [-0.2, 0) is 22.4 Å². The summed E-state index contributed by atoms with van der Waals surface area (Å²) in [6.07, 6.45) is 3.01. The Bertz CT molecular complexity index is 1340. The first kappa shape index (κ1) is 35.1. The Kier molecular flexibility index (Phi) is 11.9. The van der Waals surface area contributed by atoms with Crippen LogP contribution in [-0.4, -0.2) is 107 Å². The van der Waals surface area contributed by atoms with Gasteiger partial charge < -0.3 is 29.9 Å². The normalized spacial score (nSPS) is 18.4. The molecular weight excluding hydrogens is 582 g/mol. The Hall–Kier alpha value is -3.79. The molecule has 2 N–H and O–H groups in total. The molecule has 10 heteroatoms. The van der Waals surface area contributed by atoms with Crippen molar-refractivity contribution in [2.45, 2.75) is 91.8 Å². The van der Waals surface area contributed by atoms with E-state index in [-0.39, 0.29) is 37.6 Å². The van der Waals surface area contributed by atoms with E-state index in [0.29, 0.717) is 51.6 Å². The second-order valence-corrected chi connectivity index (χ2v) is 12.7. The fourth-order valence-electron chi connectivity index (χ4n) is 7.17. The van der Waals surface area contributed by atoms with Gasteiger partial charge in [-0.15, -0.1) is 0 Å². The first-order chi connectivity index (χ1) is 21.7.